The fourth-order valence-corrected chi connectivity index (χ4v) is 3.42. The molecule has 0 unspecified atom stereocenters. The molecular formula is C23H21ClF4O5. The molecule has 0 N–H and O–H groups in total. The Morgan fingerprint density at radius 3 is 2.24 bits per heavy atom. The minimum absolute atomic E-state index is 0.00306. The molecule has 0 aliphatic carbocycles. The molecule has 0 atom stereocenters. The molecule has 0 radical (unpaired) electrons. The fraction of sp³-hybridized carbons (Fsp3) is 0.304. The maximum Gasteiger partial charge on any atom is 0.416 e. The molecule has 0 heterocycles. The lowest BCUT2D eigenvalue weighted by Gasteiger charge is -2.16. The SMILES string of the molecule is COC(=O)CCC/C=C(\c1cc(F)cc(C(F)(F)F)c1)c1cc(Cl)c(OC)c(C(=O)OC)c1. The van der Waals surface area contributed by atoms with Crippen LogP contribution in [0, 0.1) is 5.82 Å². The largest absolute Gasteiger partial charge is 0.494 e. The summed E-state index contributed by atoms with van der Waals surface area (Å²) in [5.74, 6) is -2.30. The molecule has 0 amide bonds. The number of halogens is 5. The van der Waals surface area contributed by atoms with Crippen LogP contribution in [0.4, 0.5) is 17.6 Å². The smallest absolute Gasteiger partial charge is 0.416 e. The van der Waals surface area contributed by atoms with E-state index in [0.717, 1.165) is 19.2 Å². The highest BCUT2D eigenvalue weighted by Crippen LogP contribution is 2.37. The Morgan fingerprint density at radius 1 is 1.00 bits per heavy atom. The van der Waals surface area contributed by atoms with Gasteiger partial charge < -0.3 is 14.2 Å². The summed E-state index contributed by atoms with van der Waals surface area (Å²) in [6.07, 6.45) is -2.59. The Bertz CT molecular complexity index is 1060. The van der Waals surface area contributed by atoms with E-state index in [1.807, 2.05) is 0 Å². The summed E-state index contributed by atoms with van der Waals surface area (Å²) in [6.45, 7) is 0. The van der Waals surface area contributed by atoms with Gasteiger partial charge in [-0.2, -0.15) is 13.2 Å². The zero-order valence-electron chi connectivity index (χ0n) is 18.0. The Kier molecular flexibility index (Phi) is 8.87. The number of carbonyl (C=O) groups excluding carboxylic acids is 2. The maximum atomic E-state index is 14.1. The predicted molar refractivity (Wildman–Crippen MR) is 114 cm³/mol. The molecule has 0 bridgehead atoms. The Labute approximate surface area is 192 Å². The van der Waals surface area contributed by atoms with Gasteiger partial charge in [0.05, 0.1) is 31.9 Å². The van der Waals surface area contributed by atoms with Gasteiger partial charge in [-0.3, -0.25) is 4.79 Å². The summed E-state index contributed by atoms with van der Waals surface area (Å²) in [5, 5.41) is 0.00306. The minimum atomic E-state index is -4.78. The highest BCUT2D eigenvalue weighted by molar-refractivity contribution is 6.33. The van der Waals surface area contributed by atoms with Gasteiger partial charge >= 0.3 is 18.1 Å². The lowest BCUT2D eigenvalue weighted by molar-refractivity contribution is -0.140. The van der Waals surface area contributed by atoms with Crippen molar-refractivity contribution in [3.63, 3.8) is 0 Å². The second-order valence-electron chi connectivity index (χ2n) is 6.84. The highest BCUT2D eigenvalue weighted by atomic mass is 35.5. The number of ether oxygens (including phenoxy) is 3. The van der Waals surface area contributed by atoms with Crippen LogP contribution in [-0.2, 0) is 20.4 Å². The third kappa shape index (κ3) is 6.71. The number of carbonyl (C=O) groups is 2. The van der Waals surface area contributed by atoms with Crippen molar-refractivity contribution in [3.05, 3.63) is 69.5 Å². The van der Waals surface area contributed by atoms with Gasteiger partial charge in [-0.05, 0) is 59.9 Å². The van der Waals surface area contributed by atoms with Crippen molar-refractivity contribution in [1.82, 2.24) is 0 Å². The van der Waals surface area contributed by atoms with Crippen LogP contribution in [0.3, 0.4) is 0 Å². The summed E-state index contributed by atoms with van der Waals surface area (Å²) in [5.41, 5.74) is -0.906. The zero-order chi connectivity index (χ0) is 24.8. The number of benzene rings is 2. The molecular weight excluding hydrogens is 468 g/mol. The standard InChI is InChI=1S/C23H21ClF4O5/c1-31-20(29)7-5-4-6-17(13-8-15(23(26,27)28)12-16(25)9-13)14-10-18(22(30)33-3)21(32-2)19(24)11-14/h6,8-12H,4-5,7H2,1-3H3/b17-6+. The Morgan fingerprint density at radius 2 is 1.67 bits per heavy atom. The van der Waals surface area contributed by atoms with Crippen LogP contribution in [0.15, 0.2) is 36.4 Å². The summed E-state index contributed by atoms with van der Waals surface area (Å²) in [7, 11) is 3.68. The van der Waals surface area contributed by atoms with Crippen LogP contribution in [-0.4, -0.2) is 33.3 Å². The molecule has 0 fully saturated rings. The van der Waals surface area contributed by atoms with Crippen molar-refractivity contribution in [3.8, 4) is 5.75 Å². The van der Waals surface area contributed by atoms with Crippen LogP contribution in [0.1, 0.15) is 46.3 Å². The average Bonchev–Trinajstić information content (AvgIpc) is 2.76. The first kappa shape index (κ1) is 26.2. The molecule has 0 saturated carbocycles. The normalized spacial score (nSPS) is 11.8. The summed E-state index contributed by atoms with van der Waals surface area (Å²) in [6, 6.07) is 4.85. The number of allylic oxidation sites excluding steroid dienone is 1. The van der Waals surface area contributed by atoms with Crippen molar-refractivity contribution in [1.29, 1.82) is 0 Å². The lowest BCUT2D eigenvalue weighted by atomic mass is 9.93. The Hall–Kier alpha value is -3.07. The molecule has 0 aliphatic heterocycles. The van der Waals surface area contributed by atoms with Crippen LogP contribution in [0.5, 0.6) is 5.75 Å². The van der Waals surface area contributed by atoms with E-state index in [1.54, 1.807) is 0 Å². The van der Waals surface area contributed by atoms with Crippen molar-refractivity contribution >= 4 is 29.1 Å². The van der Waals surface area contributed by atoms with Gasteiger partial charge in [0.1, 0.15) is 11.4 Å². The first-order chi connectivity index (χ1) is 15.5. The number of unbranched alkanes of at least 4 members (excludes halogenated alkanes) is 1. The maximum absolute atomic E-state index is 14.1. The summed E-state index contributed by atoms with van der Waals surface area (Å²) < 4.78 is 68.5. The Balaban J connectivity index is 2.67. The molecule has 10 heteroatoms. The second kappa shape index (κ2) is 11.2. The van der Waals surface area contributed by atoms with Gasteiger partial charge in [-0.15, -0.1) is 0 Å². The van der Waals surface area contributed by atoms with Gasteiger partial charge in [0.15, 0.2) is 5.75 Å². The summed E-state index contributed by atoms with van der Waals surface area (Å²) >= 11 is 6.25. The molecule has 2 rings (SSSR count). The second-order valence-corrected chi connectivity index (χ2v) is 7.25. The fourth-order valence-electron chi connectivity index (χ4n) is 3.12. The minimum Gasteiger partial charge on any atom is -0.494 e. The predicted octanol–water partition coefficient (Wildman–Crippen LogP) is 6.07. The molecule has 5 nitrogen and oxygen atoms in total. The zero-order valence-corrected chi connectivity index (χ0v) is 18.8. The molecule has 2 aromatic rings. The van der Waals surface area contributed by atoms with Crippen LogP contribution >= 0.6 is 11.6 Å². The number of hydrogen-bond acceptors (Lipinski definition) is 5. The van der Waals surface area contributed by atoms with Crippen molar-refractivity contribution in [2.75, 3.05) is 21.3 Å². The van der Waals surface area contributed by atoms with E-state index in [9.17, 15) is 27.2 Å². The van der Waals surface area contributed by atoms with E-state index in [4.69, 9.17) is 21.1 Å². The molecule has 0 saturated heterocycles. The number of methoxy groups -OCH3 is 3. The van der Waals surface area contributed by atoms with E-state index in [2.05, 4.69) is 4.74 Å². The lowest BCUT2D eigenvalue weighted by Crippen LogP contribution is -2.08. The molecule has 0 spiro atoms. The first-order valence-corrected chi connectivity index (χ1v) is 10.0. The topological polar surface area (TPSA) is 61.8 Å². The summed E-state index contributed by atoms with van der Waals surface area (Å²) in [4.78, 5) is 23.6. The number of alkyl halides is 3. The molecule has 178 valence electrons. The van der Waals surface area contributed by atoms with Gasteiger partial charge in [0, 0.05) is 6.42 Å². The van der Waals surface area contributed by atoms with E-state index < -0.39 is 29.5 Å². The molecule has 0 aromatic heterocycles. The van der Waals surface area contributed by atoms with E-state index in [-0.39, 0.29) is 45.9 Å². The van der Waals surface area contributed by atoms with Gasteiger partial charge in [0.2, 0.25) is 0 Å². The monoisotopic (exact) mass is 488 g/mol. The van der Waals surface area contributed by atoms with Crippen LogP contribution < -0.4 is 4.74 Å². The van der Waals surface area contributed by atoms with Gasteiger partial charge in [-0.25, -0.2) is 9.18 Å². The quantitative estimate of drug-likeness (QED) is 0.256. The van der Waals surface area contributed by atoms with Crippen molar-refractivity contribution in [2.45, 2.75) is 25.4 Å². The first-order valence-electron chi connectivity index (χ1n) is 9.63. The number of hydrogen-bond donors (Lipinski definition) is 0. The third-order valence-electron chi connectivity index (χ3n) is 4.66. The number of esters is 2. The van der Waals surface area contributed by atoms with Gasteiger partial charge in [0.25, 0.3) is 0 Å². The highest BCUT2D eigenvalue weighted by Gasteiger charge is 2.32. The molecule has 2 aromatic carbocycles. The van der Waals surface area contributed by atoms with Crippen molar-refractivity contribution < 1.29 is 41.4 Å². The van der Waals surface area contributed by atoms with E-state index >= 15 is 0 Å². The van der Waals surface area contributed by atoms with E-state index in [1.165, 1.54) is 32.4 Å². The third-order valence-corrected chi connectivity index (χ3v) is 4.94. The van der Waals surface area contributed by atoms with Gasteiger partial charge in [-0.1, -0.05) is 17.7 Å². The van der Waals surface area contributed by atoms with Crippen LogP contribution in [0.2, 0.25) is 5.02 Å². The molecule has 0 aliphatic rings. The number of rotatable bonds is 8. The van der Waals surface area contributed by atoms with Crippen LogP contribution in [0.25, 0.3) is 5.57 Å². The average molecular weight is 489 g/mol. The van der Waals surface area contributed by atoms with Crippen molar-refractivity contribution in [2.24, 2.45) is 0 Å². The van der Waals surface area contributed by atoms with E-state index in [0.29, 0.717) is 12.5 Å². The molecule has 33 heavy (non-hydrogen) atoms.